The van der Waals surface area contributed by atoms with Gasteiger partial charge in [0.15, 0.2) is 0 Å². The number of nitrogens with two attached hydrogens (primary N) is 1. The molecule has 2 atom stereocenters. The van der Waals surface area contributed by atoms with E-state index < -0.39 is 0 Å². The molecule has 0 saturated heterocycles. The van der Waals surface area contributed by atoms with E-state index in [-0.39, 0.29) is 6.04 Å². The average molecular weight is 285 g/mol. The van der Waals surface area contributed by atoms with Gasteiger partial charge in [0.05, 0.1) is 0 Å². The Morgan fingerprint density at radius 2 is 2.10 bits per heavy atom. The summed E-state index contributed by atoms with van der Waals surface area (Å²) in [6.07, 6.45) is 4.90. The standard InChI is InChI=1S/C18H23NS/c1-12-10-18(20-13(12)2)17(19)11-15-8-5-7-14-6-3-4-9-16(14)15/h3-4,6,9-10,15,17H,5,7-8,11,19H2,1-2H3. The molecule has 0 fully saturated rings. The van der Waals surface area contributed by atoms with Crippen LogP contribution in [0.15, 0.2) is 30.3 Å². The van der Waals surface area contributed by atoms with E-state index in [0.717, 1.165) is 6.42 Å². The van der Waals surface area contributed by atoms with Crippen LogP contribution in [-0.2, 0) is 6.42 Å². The second-order valence-electron chi connectivity index (χ2n) is 6.02. The minimum atomic E-state index is 0.184. The van der Waals surface area contributed by atoms with Crippen molar-refractivity contribution < 1.29 is 0 Å². The number of rotatable bonds is 3. The van der Waals surface area contributed by atoms with Crippen LogP contribution in [0.25, 0.3) is 0 Å². The second kappa shape index (κ2) is 5.71. The molecule has 1 aliphatic carbocycles. The molecule has 1 aliphatic rings. The second-order valence-corrected chi connectivity index (χ2v) is 7.31. The highest BCUT2D eigenvalue weighted by atomic mass is 32.1. The molecular formula is C18H23NS. The van der Waals surface area contributed by atoms with Gasteiger partial charge in [0.1, 0.15) is 0 Å². The van der Waals surface area contributed by atoms with Gasteiger partial charge in [0, 0.05) is 15.8 Å². The van der Waals surface area contributed by atoms with E-state index in [0.29, 0.717) is 5.92 Å². The zero-order chi connectivity index (χ0) is 14.1. The molecule has 0 saturated carbocycles. The van der Waals surface area contributed by atoms with E-state index in [2.05, 4.69) is 44.2 Å². The molecular weight excluding hydrogens is 262 g/mol. The van der Waals surface area contributed by atoms with Crippen molar-refractivity contribution in [3.8, 4) is 0 Å². The summed E-state index contributed by atoms with van der Waals surface area (Å²) in [6.45, 7) is 4.37. The molecule has 106 valence electrons. The average Bonchev–Trinajstić information content (AvgIpc) is 2.79. The maximum absolute atomic E-state index is 6.48. The summed E-state index contributed by atoms with van der Waals surface area (Å²) in [5, 5.41) is 0. The predicted octanol–water partition coefficient (Wildman–Crippen LogP) is 4.87. The van der Waals surface area contributed by atoms with Crippen molar-refractivity contribution in [1.82, 2.24) is 0 Å². The first-order valence-corrected chi connectivity index (χ1v) is 8.37. The lowest BCUT2D eigenvalue weighted by Gasteiger charge is -2.27. The lowest BCUT2D eigenvalue weighted by atomic mass is 9.79. The third kappa shape index (κ3) is 2.68. The predicted molar refractivity (Wildman–Crippen MR) is 87.5 cm³/mol. The molecule has 0 aliphatic heterocycles. The Balaban J connectivity index is 1.78. The maximum atomic E-state index is 6.48. The Bertz CT molecular complexity index is 580. The topological polar surface area (TPSA) is 26.0 Å². The van der Waals surface area contributed by atoms with Crippen LogP contribution in [0.3, 0.4) is 0 Å². The number of aryl methyl sites for hydroxylation is 3. The van der Waals surface area contributed by atoms with E-state index in [1.165, 1.54) is 40.1 Å². The summed E-state index contributed by atoms with van der Waals surface area (Å²) in [5.74, 6) is 0.637. The van der Waals surface area contributed by atoms with Crippen LogP contribution in [0.2, 0.25) is 0 Å². The normalized spacial score (nSPS) is 19.6. The van der Waals surface area contributed by atoms with Crippen molar-refractivity contribution in [2.45, 2.75) is 51.5 Å². The van der Waals surface area contributed by atoms with Crippen LogP contribution in [0, 0.1) is 13.8 Å². The molecule has 2 N–H and O–H groups in total. The fourth-order valence-electron chi connectivity index (χ4n) is 3.31. The summed E-state index contributed by atoms with van der Waals surface area (Å²) in [5.41, 5.74) is 10.9. The summed E-state index contributed by atoms with van der Waals surface area (Å²) in [7, 11) is 0. The van der Waals surface area contributed by atoms with Gasteiger partial charge in [-0.1, -0.05) is 24.3 Å². The molecule has 2 aromatic rings. The first kappa shape index (κ1) is 13.8. The molecule has 1 aromatic carbocycles. The highest BCUT2D eigenvalue weighted by Crippen LogP contribution is 2.38. The van der Waals surface area contributed by atoms with Crippen molar-refractivity contribution in [2.24, 2.45) is 5.73 Å². The number of fused-ring (bicyclic) bond motifs is 1. The van der Waals surface area contributed by atoms with Crippen molar-refractivity contribution in [3.05, 3.63) is 56.8 Å². The van der Waals surface area contributed by atoms with Gasteiger partial charge in [0.2, 0.25) is 0 Å². The Morgan fingerprint density at radius 1 is 1.30 bits per heavy atom. The molecule has 1 nitrogen and oxygen atoms in total. The molecule has 2 unspecified atom stereocenters. The highest BCUT2D eigenvalue weighted by Gasteiger charge is 2.23. The largest absolute Gasteiger partial charge is 0.323 e. The van der Waals surface area contributed by atoms with Gasteiger partial charge in [-0.3, -0.25) is 0 Å². The minimum absolute atomic E-state index is 0.184. The third-order valence-corrected chi connectivity index (χ3v) is 5.87. The highest BCUT2D eigenvalue weighted by molar-refractivity contribution is 7.12. The van der Waals surface area contributed by atoms with E-state index in [1.54, 1.807) is 5.56 Å². The molecule has 0 spiro atoms. The van der Waals surface area contributed by atoms with Crippen LogP contribution in [0.5, 0.6) is 0 Å². The molecule has 1 aromatic heterocycles. The fourth-order valence-corrected chi connectivity index (χ4v) is 4.36. The zero-order valence-electron chi connectivity index (χ0n) is 12.4. The quantitative estimate of drug-likeness (QED) is 0.855. The smallest absolute Gasteiger partial charge is 0.0395 e. The maximum Gasteiger partial charge on any atom is 0.0395 e. The van der Waals surface area contributed by atoms with E-state index >= 15 is 0 Å². The SMILES string of the molecule is Cc1cc(C(N)CC2CCCc3ccccc32)sc1C. The number of hydrogen-bond donors (Lipinski definition) is 1. The van der Waals surface area contributed by atoms with Crippen molar-refractivity contribution in [3.63, 3.8) is 0 Å². The zero-order valence-corrected chi connectivity index (χ0v) is 13.2. The van der Waals surface area contributed by atoms with E-state index in [9.17, 15) is 0 Å². The third-order valence-electron chi connectivity index (χ3n) is 4.58. The Morgan fingerprint density at radius 3 is 2.85 bits per heavy atom. The number of thiophene rings is 1. The monoisotopic (exact) mass is 285 g/mol. The summed E-state index contributed by atoms with van der Waals surface area (Å²) in [6, 6.07) is 11.4. The van der Waals surface area contributed by atoms with Crippen LogP contribution in [-0.4, -0.2) is 0 Å². The van der Waals surface area contributed by atoms with Crippen LogP contribution < -0.4 is 5.73 Å². The van der Waals surface area contributed by atoms with E-state index in [4.69, 9.17) is 5.73 Å². The number of hydrogen-bond acceptors (Lipinski definition) is 2. The van der Waals surface area contributed by atoms with Crippen molar-refractivity contribution in [1.29, 1.82) is 0 Å². The Kier molecular flexibility index (Phi) is 3.95. The molecule has 20 heavy (non-hydrogen) atoms. The van der Waals surface area contributed by atoms with Crippen molar-refractivity contribution in [2.75, 3.05) is 0 Å². The van der Waals surface area contributed by atoms with Crippen LogP contribution in [0.4, 0.5) is 0 Å². The van der Waals surface area contributed by atoms with Gasteiger partial charge >= 0.3 is 0 Å². The van der Waals surface area contributed by atoms with Gasteiger partial charge in [0.25, 0.3) is 0 Å². The van der Waals surface area contributed by atoms with Crippen LogP contribution >= 0.6 is 11.3 Å². The van der Waals surface area contributed by atoms with Gasteiger partial charge in [-0.2, -0.15) is 0 Å². The molecule has 3 rings (SSSR count). The Labute approximate surface area is 125 Å². The summed E-state index contributed by atoms with van der Waals surface area (Å²) in [4.78, 5) is 2.75. The van der Waals surface area contributed by atoms with Gasteiger partial charge in [-0.05, 0) is 68.2 Å². The summed E-state index contributed by atoms with van der Waals surface area (Å²) < 4.78 is 0. The molecule has 0 amide bonds. The number of benzene rings is 1. The minimum Gasteiger partial charge on any atom is -0.323 e. The molecule has 0 bridgehead atoms. The first-order valence-electron chi connectivity index (χ1n) is 7.55. The molecule has 1 heterocycles. The van der Waals surface area contributed by atoms with Gasteiger partial charge < -0.3 is 5.73 Å². The lowest BCUT2D eigenvalue weighted by molar-refractivity contribution is 0.479. The first-order chi connectivity index (χ1) is 9.65. The molecule has 2 heteroatoms. The van der Waals surface area contributed by atoms with Gasteiger partial charge in [-0.25, -0.2) is 0 Å². The Hall–Kier alpha value is -1.12. The summed E-state index contributed by atoms with van der Waals surface area (Å²) >= 11 is 1.87. The fraction of sp³-hybridized carbons (Fsp3) is 0.444. The van der Waals surface area contributed by atoms with E-state index in [1.807, 2.05) is 11.3 Å². The molecule has 0 radical (unpaired) electrons. The van der Waals surface area contributed by atoms with Gasteiger partial charge in [-0.15, -0.1) is 11.3 Å². The van der Waals surface area contributed by atoms with Crippen LogP contribution in [0.1, 0.15) is 57.7 Å². The van der Waals surface area contributed by atoms with Crippen molar-refractivity contribution >= 4 is 11.3 Å². The lowest BCUT2D eigenvalue weighted by Crippen LogP contribution is -2.17.